The van der Waals surface area contributed by atoms with Gasteiger partial charge in [0.2, 0.25) is 5.91 Å². The molecule has 1 aromatic carbocycles. The highest BCUT2D eigenvalue weighted by atomic mass is 16.5. The first kappa shape index (κ1) is 23.5. The molecule has 3 rings (SSSR count). The summed E-state index contributed by atoms with van der Waals surface area (Å²) in [6.07, 6.45) is 1.07. The number of carbonyl (C=O) groups excluding carboxylic acids is 1. The number of carbonyl (C=O) groups is 1. The number of rotatable bonds is 9. The summed E-state index contributed by atoms with van der Waals surface area (Å²) in [6, 6.07) is 10.3. The fourth-order valence-electron chi connectivity index (χ4n) is 3.78. The van der Waals surface area contributed by atoms with Gasteiger partial charge < -0.3 is 24.6 Å². The van der Waals surface area contributed by atoms with E-state index in [0.29, 0.717) is 12.5 Å². The second kappa shape index (κ2) is 12.6. The molecule has 0 spiro atoms. The van der Waals surface area contributed by atoms with E-state index in [9.17, 15) is 4.79 Å². The number of likely N-dealkylation sites (N-methyl/N-ethyl adjacent to an activating group) is 1. The summed E-state index contributed by atoms with van der Waals surface area (Å²) >= 11 is 0. The van der Waals surface area contributed by atoms with Gasteiger partial charge in [-0.3, -0.25) is 9.69 Å². The van der Waals surface area contributed by atoms with Crippen molar-refractivity contribution >= 4 is 11.9 Å². The normalized spacial score (nSPS) is 20.1. The Kier molecular flexibility index (Phi) is 9.58. The number of ether oxygens (including phenoxy) is 2. The van der Waals surface area contributed by atoms with E-state index in [0.717, 1.165) is 71.5 Å². The van der Waals surface area contributed by atoms with Gasteiger partial charge in [0.1, 0.15) is 6.54 Å². The van der Waals surface area contributed by atoms with Crippen molar-refractivity contribution in [2.45, 2.75) is 13.0 Å². The van der Waals surface area contributed by atoms with Gasteiger partial charge in [-0.15, -0.1) is 0 Å². The van der Waals surface area contributed by atoms with Crippen molar-refractivity contribution in [3.63, 3.8) is 0 Å². The van der Waals surface area contributed by atoms with Crippen molar-refractivity contribution in [2.75, 3.05) is 79.7 Å². The van der Waals surface area contributed by atoms with E-state index < -0.39 is 0 Å². The monoisotopic (exact) mass is 431 g/mol. The van der Waals surface area contributed by atoms with E-state index in [2.05, 4.69) is 32.2 Å². The van der Waals surface area contributed by atoms with Gasteiger partial charge in [0.15, 0.2) is 5.96 Å². The maximum Gasteiger partial charge on any atom is 0.243 e. The molecule has 1 atom stereocenters. The first-order valence-electron chi connectivity index (χ1n) is 11.3. The molecule has 31 heavy (non-hydrogen) atoms. The summed E-state index contributed by atoms with van der Waals surface area (Å²) in [6.45, 7) is 8.67. The van der Waals surface area contributed by atoms with E-state index >= 15 is 0 Å². The van der Waals surface area contributed by atoms with Crippen molar-refractivity contribution in [2.24, 2.45) is 10.9 Å². The average molecular weight is 432 g/mol. The van der Waals surface area contributed by atoms with E-state index in [-0.39, 0.29) is 12.5 Å². The maximum absolute atomic E-state index is 12.1. The van der Waals surface area contributed by atoms with Crippen LogP contribution in [0.1, 0.15) is 12.0 Å². The molecular formula is C23H37N5O3. The van der Waals surface area contributed by atoms with Crippen molar-refractivity contribution < 1.29 is 14.3 Å². The van der Waals surface area contributed by atoms with Gasteiger partial charge in [-0.25, -0.2) is 4.99 Å². The standard InChI is InChI=1S/C23H37N5O3/c1-26(2)22(29)16-25-23(24-9-11-27-12-14-30-15-13-27)28-10-8-21(17-28)19-31-18-20-6-4-3-5-7-20/h3-7,21H,8-19H2,1-2H3,(H,24,25). The van der Waals surface area contributed by atoms with Crippen LogP contribution in [0.5, 0.6) is 0 Å². The Balaban J connectivity index is 1.47. The highest BCUT2D eigenvalue weighted by molar-refractivity contribution is 5.85. The van der Waals surface area contributed by atoms with Gasteiger partial charge >= 0.3 is 0 Å². The first-order chi connectivity index (χ1) is 15.1. The topological polar surface area (TPSA) is 69.6 Å². The number of morpholine rings is 1. The molecule has 0 saturated carbocycles. The number of amides is 1. The summed E-state index contributed by atoms with van der Waals surface area (Å²) in [7, 11) is 3.53. The number of nitrogens with zero attached hydrogens (tertiary/aromatic N) is 4. The molecule has 2 aliphatic heterocycles. The zero-order valence-electron chi connectivity index (χ0n) is 19.0. The van der Waals surface area contributed by atoms with Gasteiger partial charge in [0, 0.05) is 59.3 Å². The van der Waals surface area contributed by atoms with E-state index in [4.69, 9.17) is 9.47 Å². The van der Waals surface area contributed by atoms with Crippen LogP contribution in [0.3, 0.4) is 0 Å². The van der Waals surface area contributed by atoms with Crippen molar-refractivity contribution in [1.82, 2.24) is 20.0 Å². The molecule has 8 heteroatoms. The predicted octanol–water partition coefficient (Wildman–Crippen LogP) is 0.891. The zero-order valence-corrected chi connectivity index (χ0v) is 19.0. The van der Waals surface area contributed by atoms with Crippen LogP contribution in [0.2, 0.25) is 0 Å². The van der Waals surface area contributed by atoms with Crippen LogP contribution in [-0.2, 0) is 20.9 Å². The van der Waals surface area contributed by atoms with Crippen LogP contribution < -0.4 is 5.32 Å². The highest BCUT2D eigenvalue weighted by Gasteiger charge is 2.25. The van der Waals surface area contributed by atoms with Crippen LogP contribution in [0.15, 0.2) is 35.3 Å². The molecule has 172 valence electrons. The highest BCUT2D eigenvalue weighted by Crippen LogP contribution is 2.17. The minimum atomic E-state index is 0.00872. The van der Waals surface area contributed by atoms with Gasteiger partial charge in [-0.1, -0.05) is 30.3 Å². The van der Waals surface area contributed by atoms with Gasteiger partial charge in [-0.05, 0) is 12.0 Å². The second-order valence-corrected chi connectivity index (χ2v) is 8.41. The SMILES string of the molecule is CN(C)C(=O)CN=C(NCCN1CCOCC1)N1CCC(COCc2ccccc2)C1. The lowest BCUT2D eigenvalue weighted by molar-refractivity contribution is -0.127. The third-order valence-corrected chi connectivity index (χ3v) is 5.73. The third kappa shape index (κ3) is 8.12. The van der Waals surface area contributed by atoms with Crippen LogP contribution in [-0.4, -0.2) is 106 Å². The lowest BCUT2D eigenvalue weighted by Gasteiger charge is -2.28. The van der Waals surface area contributed by atoms with E-state index in [1.165, 1.54) is 5.56 Å². The predicted molar refractivity (Wildman–Crippen MR) is 122 cm³/mol. The molecule has 8 nitrogen and oxygen atoms in total. The lowest BCUT2D eigenvalue weighted by atomic mass is 10.1. The van der Waals surface area contributed by atoms with Gasteiger partial charge in [0.25, 0.3) is 0 Å². The molecule has 0 aliphatic carbocycles. The Bertz CT molecular complexity index is 692. The van der Waals surface area contributed by atoms with Crippen LogP contribution in [0, 0.1) is 5.92 Å². The Hall–Kier alpha value is -2.16. The summed E-state index contributed by atoms with van der Waals surface area (Å²) in [4.78, 5) is 22.9. The maximum atomic E-state index is 12.1. The van der Waals surface area contributed by atoms with Crippen molar-refractivity contribution in [3.8, 4) is 0 Å². The molecule has 1 N–H and O–H groups in total. The minimum Gasteiger partial charge on any atom is -0.379 e. The number of aliphatic imine (C=N–C) groups is 1. The molecule has 2 heterocycles. The first-order valence-corrected chi connectivity index (χ1v) is 11.3. The number of benzene rings is 1. The molecule has 0 bridgehead atoms. The summed E-state index contributed by atoms with van der Waals surface area (Å²) in [5, 5.41) is 3.49. The fraction of sp³-hybridized carbons (Fsp3) is 0.652. The molecule has 1 amide bonds. The third-order valence-electron chi connectivity index (χ3n) is 5.73. The van der Waals surface area contributed by atoms with Gasteiger partial charge in [0.05, 0.1) is 26.4 Å². The lowest BCUT2D eigenvalue weighted by Crippen LogP contribution is -2.46. The zero-order chi connectivity index (χ0) is 21.9. The molecule has 0 radical (unpaired) electrons. The Labute approximate surface area is 186 Å². The second-order valence-electron chi connectivity index (χ2n) is 8.41. The molecule has 1 aromatic rings. The number of nitrogens with one attached hydrogen (secondary N) is 1. The van der Waals surface area contributed by atoms with E-state index in [1.807, 2.05) is 18.2 Å². The number of likely N-dealkylation sites (tertiary alicyclic amines) is 1. The number of guanidine groups is 1. The largest absolute Gasteiger partial charge is 0.379 e. The van der Waals surface area contributed by atoms with Crippen molar-refractivity contribution in [1.29, 1.82) is 0 Å². The van der Waals surface area contributed by atoms with Crippen LogP contribution in [0.25, 0.3) is 0 Å². The fourth-order valence-corrected chi connectivity index (χ4v) is 3.78. The molecule has 2 fully saturated rings. The summed E-state index contributed by atoms with van der Waals surface area (Å²) < 4.78 is 11.4. The quantitative estimate of drug-likeness (QED) is 0.463. The molecule has 1 unspecified atom stereocenters. The summed E-state index contributed by atoms with van der Waals surface area (Å²) in [5.41, 5.74) is 1.20. The Morgan fingerprint density at radius 2 is 2.00 bits per heavy atom. The average Bonchev–Trinajstić information content (AvgIpc) is 3.26. The number of hydrogen-bond acceptors (Lipinski definition) is 5. The van der Waals surface area contributed by atoms with Gasteiger partial charge in [-0.2, -0.15) is 0 Å². The minimum absolute atomic E-state index is 0.00872. The molecule has 2 aliphatic rings. The van der Waals surface area contributed by atoms with Crippen molar-refractivity contribution in [3.05, 3.63) is 35.9 Å². The Morgan fingerprint density at radius 1 is 1.23 bits per heavy atom. The molecular weight excluding hydrogens is 394 g/mol. The molecule has 2 saturated heterocycles. The smallest absolute Gasteiger partial charge is 0.243 e. The van der Waals surface area contributed by atoms with Crippen LogP contribution >= 0.6 is 0 Å². The Morgan fingerprint density at radius 3 is 2.74 bits per heavy atom. The van der Waals surface area contributed by atoms with E-state index in [1.54, 1.807) is 19.0 Å². The number of hydrogen-bond donors (Lipinski definition) is 1. The van der Waals surface area contributed by atoms with Crippen LogP contribution in [0.4, 0.5) is 0 Å². The summed E-state index contributed by atoms with van der Waals surface area (Å²) in [5.74, 6) is 1.31. The molecule has 0 aromatic heterocycles.